The molecule has 0 radical (unpaired) electrons. The quantitative estimate of drug-likeness (QED) is 0.927. The molecule has 0 saturated carbocycles. The van der Waals surface area contributed by atoms with Crippen molar-refractivity contribution in [2.24, 2.45) is 5.73 Å². The summed E-state index contributed by atoms with van der Waals surface area (Å²) in [4.78, 5) is 0. The number of benzene rings is 1. The molecule has 0 amide bonds. The molecule has 5 heteroatoms. The van der Waals surface area contributed by atoms with Crippen LogP contribution in [0.3, 0.4) is 0 Å². The number of hydrogen-bond donors (Lipinski definition) is 1. The minimum absolute atomic E-state index is 0.0542. The van der Waals surface area contributed by atoms with E-state index in [0.29, 0.717) is 11.5 Å². The second-order valence-corrected chi connectivity index (χ2v) is 4.83. The molecule has 0 spiro atoms. The van der Waals surface area contributed by atoms with Crippen LogP contribution >= 0.6 is 11.6 Å². The molecule has 0 aliphatic rings. The lowest BCUT2D eigenvalue weighted by molar-refractivity contribution is 0.151. The standard InChI is InChI=1S/C14H15ClFNO2/c1-8-3-6-13(18-8)14(9(2)17)19-10-4-5-11(15)12(16)7-10/h3-7,9,14H,17H2,1-2H3. The van der Waals surface area contributed by atoms with Gasteiger partial charge < -0.3 is 14.9 Å². The fraction of sp³-hybridized carbons (Fsp3) is 0.286. The minimum Gasteiger partial charge on any atom is -0.481 e. The van der Waals surface area contributed by atoms with Crippen molar-refractivity contribution in [2.75, 3.05) is 0 Å². The number of aryl methyl sites for hydroxylation is 1. The van der Waals surface area contributed by atoms with Gasteiger partial charge in [0.15, 0.2) is 6.10 Å². The molecule has 0 aliphatic carbocycles. The van der Waals surface area contributed by atoms with Gasteiger partial charge in [-0.3, -0.25) is 0 Å². The van der Waals surface area contributed by atoms with Crippen LogP contribution in [0.15, 0.2) is 34.7 Å². The van der Waals surface area contributed by atoms with Crippen LogP contribution in [0.1, 0.15) is 24.5 Å². The first kappa shape index (κ1) is 13.9. The molecule has 2 atom stereocenters. The van der Waals surface area contributed by atoms with E-state index in [1.165, 1.54) is 12.1 Å². The van der Waals surface area contributed by atoms with Crippen LogP contribution in [0.5, 0.6) is 5.75 Å². The SMILES string of the molecule is Cc1ccc(C(Oc2ccc(Cl)c(F)c2)C(C)N)o1. The van der Waals surface area contributed by atoms with E-state index in [4.69, 9.17) is 26.5 Å². The van der Waals surface area contributed by atoms with Crippen molar-refractivity contribution in [3.63, 3.8) is 0 Å². The summed E-state index contributed by atoms with van der Waals surface area (Å²) in [5.41, 5.74) is 5.89. The zero-order chi connectivity index (χ0) is 14.0. The fourth-order valence-corrected chi connectivity index (χ4v) is 1.85. The summed E-state index contributed by atoms with van der Waals surface area (Å²) < 4.78 is 24.6. The van der Waals surface area contributed by atoms with Crippen molar-refractivity contribution in [1.82, 2.24) is 0 Å². The van der Waals surface area contributed by atoms with Crippen LogP contribution in [-0.2, 0) is 0 Å². The molecule has 2 aromatic rings. The first-order chi connectivity index (χ1) is 8.97. The zero-order valence-corrected chi connectivity index (χ0v) is 11.4. The Bertz CT molecular complexity index is 568. The highest BCUT2D eigenvalue weighted by Gasteiger charge is 2.22. The summed E-state index contributed by atoms with van der Waals surface area (Å²) in [5, 5.41) is 0.0542. The average Bonchev–Trinajstić information content (AvgIpc) is 2.76. The summed E-state index contributed by atoms with van der Waals surface area (Å²) >= 11 is 5.63. The van der Waals surface area contributed by atoms with E-state index in [-0.39, 0.29) is 11.1 Å². The van der Waals surface area contributed by atoms with Gasteiger partial charge in [0.05, 0.1) is 5.02 Å². The van der Waals surface area contributed by atoms with Gasteiger partial charge in [-0.15, -0.1) is 0 Å². The van der Waals surface area contributed by atoms with Gasteiger partial charge in [-0.1, -0.05) is 11.6 Å². The van der Waals surface area contributed by atoms with Crippen LogP contribution < -0.4 is 10.5 Å². The van der Waals surface area contributed by atoms with Gasteiger partial charge in [0.2, 0.25) is 0 Å². The summed E-state index contributed by atoms with van der Waals surface area (Å²) in [7, 11) is 0. The van der Waals surface area contributed by atoms with Gasteiger partial charge >= 0.3 is 0 Å². The molecular weight excluding hydrogens is 269 g/mol. The van der Waals surface area contributed by atoms with Gasteiger partial charge in [0.1, 0.15) is 23.1 Å². The van der Waals surface area contributed by atoms with E-state index >= 15 is 0 Å². The highest BCUT2D eigenvalue weighted by Crippen LogP contribution is 2.28. The number of furan rings is 1. The summed E-state index contributed by atoms with van der Waals surface area (Å²) in [6, 6.07) is 7.60. The molecule has 102 valence electrons. The molecule has 2 rings (SSSR count). The predicted molar refractivity (Wildman–Crippen MR) is 71.9 cm³/mol. The zero-order valence-electron chi connectivity index (χ0n) is 10.7. The number of hydrogen-bond acceptors (Lipinski definition) is 3. The Labute approximate surface area is 116 Å². The maximum absolute atomic E-state index is 13.4. The molecule has 0 bridgehead atoms. The molecule has 1 aromatic heterocycles. The molecule has 0 saturated heterocycles. The molecule has 2 N–H and O–H groups in total. The molecule has 19 heavy (non-hydrogen) atoms. The lowest BCUT2D eigenvalue weighted by atomic mass is 10.1. The Morgan fingerprint density at radius 3 is 2.58 bits per heavy atom. The number of ether oxygens (including phenoxy) is 1. The first-order valence-corrected chi connectivity index (χ1v) is 6.29. The van der Waals surface area contributed by atoms with Gasteiger partial charge in [-0.2, -0.15) is 0 Å². The van der Waals surface area contributed by atoms with E-state index in [2.05, 4.69) is 0 Å². The van der Waals surface area contributed by atoms with Crippen molar-refractivity contribution in [3.8, 4) is 5.75 Å². The highest BCUT2D eigenvalue weighted by molar-refractivity contribution is 6.30. The second kappa shape index (κ2) is 5.63. The Hall–Kier alpha value is -1.52. The smallest absolute Gasteiger partial charge is 0.171 e. The Morgan fingerprint density at radius 2 is 2.05 bits per heavy atom. The average molecular weight is 284 g/mol. The van der Waals surface area contributed by atoms with E-state index < -0.39 is 11.9 Å². The molecule has 2 unspecified atom stereocenters. The van der Waals surface area contributed by atoms with Crippen LogP contribution in [-0.4, -0.2) is 6.04 Å². The second-order valence-electron chi connectivity index (χ2n) is 4.42. The molecule has 3 nitrogen and oxygen atoms in total. The van der Waals surface area contributed by atoms with Crippen molar-refractivity contribution >= 4 is 11.6 Å². The van der Waals surface area contributed by atoms with Crippen molar-refractivity contribution in [1.29, 1.82) is 0 Å². The number of nitrogens with two attached hydrogens (primary N) is 1. The third-order valence-corrected chi connectivity index (χ3v) is 2.98. The van der Waals surface area contributed by atoms with Crippen LogP contribution in [0.25, 0.3) is 0 Å². The lowest BCUT2D eigenvalue weighted by Crippen LogP contribution is -2.28. The predicted octanol–water partition coefficient (Wildman–Crippen LogP) is 3.85. The van der Waals surface area contributed by atoms with Crippen molar-refractivity contribution in [2.45, 2.75) is 26.0 Å². The summed E-state index contributed by atoms with van der Waals surface area (Å²) in [5.74, 6) is 1.21. The fourth-order valence-electron chi connectivity index (χ4n) is 1.73. The van der Waals surface area contributed by atoms with E-state index in [1.54, 1.807) is 19.1 Å². The third kappa shape index (κ3) is 3.28. The van der Waals surface area contributed by atoms with Crippen molar-refractivity contribution in [3.05, 3.63) is 52.7 Å². The number of halogens is 2. The van der Waals surface area contributed by atoms with E-state index in [0.717, 1.165) is 5.76 Å². The Balaban J connectivity index is 2.23. The van der Waals surface area contributed by atoms with Gasteiger partial charge in [0.25, 0.3) is 0 Å². The Kier molecular flexibility index (Phi) is 4.12. The molecule has 1 aromatic carbocycles. The molecule has 1 heterocycles. The number of rotatable bonds is 4. The molecular formula is C14H15ClFNO2. The largest absolute Gasteiger partial charge is 0.481 e. The van der Waals surface area contributed by atoms with Crippen molar-refractivity contribution < 1.29 is 13.5 Å². The van der Waals surface area contributed by atoms with Gasteiger partial charge in [0, 0.05) is 12.1 Å². The normalized spacial score (nSPS) is 14.2. The van der Waals surface area contributed by atoms with Crippen LogP contribution in [0.4, 0.5) is 4.39 Å². The molecule has 0 fully saturated rings. The summed E-state index contributed by atoms with van der Waals surface area (Å²) in [6.45, 7) is 3.64. The maximum Gasteiger partial charge on any atom is 0.171 e. The lowest BCUT2D eigenvalue weighted by Gasteiger charge is -2.20. The maximum atomic E-state index is 13.4. The first-order valence-electron chi connectivity index (χ1n) is 5.91. The third-order valence-electron chi connectivity index (χ3n) is 2.67. The molecule has 0 aliphatic heterocycles. The van der Waals surface area contributed by atoms with E-state index in [1.807, 2.05) is 13.0 Å². The van der Waals surface area contributed by atoms with Gasteiger partial charge in [-0.05, 0) is 38.1 Å². The topological polar surface area (TPSA) is 48.4 Å². The van der Waals surface area contributed by atoms with Crippen LogP contribution in [0, 0.1) is 12.7 Å². The van der Waals surface area contributed by atoms with Gasteiger partial charge in [-0.25, -0.2) is 4.39 Å². The van der Waals surface area contributed by atoms with E-state index in [9.17, 15) is 4.39 Å². The monoisotopic (exact) mass is 283 g/mol. The van der Waals surface area contributed by atoms with Crippen LogP contribution in [0.2, 0.25) is 5.02 Å². The highest BCUT2D eigenvalue weighted by atomic mass is 35.5. The summed E-state index contributed by atoms with van der Waals surface area (Å²) in [6.07, 6.45) is -0.478. The minimum atomic E-state index is -0.529. The Morgan fingerprint density at radius 1 is 1.32 bits per heavy atom.